The lowest BCUT2D eigenvalue weighted by Gasteiger charge is -2.17. The van der Waals surface area contributed by atoms with Gasteiger partial charge in [-0.25, -0.2) is 14.4 Å². The largest absolute Gasteiger partial charge is 0.459 e. The van der Waals surface area contributed by atoms with Crippen molar-refractivity contribution >= 4 is 35.1 Å². The van der Waals surface area contributed by atoms with Crippen LogP contribution in [-0.2, 0) is 38.8 Å². The van der Waals surface area contributed by atoms with Crippen LogP contribution in [0, 0.1) is 5.82 Å². The summed E-state index contributed by atoms with van der Waals surface area (Å²) in [4.78, 5) is 47.8. The topological polar surface area (TPSA) is 128 Å². The smallest absolute Gasteiger partial charge is 0.325 e. The van der Waals surface area contributed by atoms with Gasteiger partial charge in [0.1, 0.15) is 24.7 Å². The molecule has 5 rings (SSSR count). The second kappa shape index (κ2) is 15.9. The second-order valence-electron chi connectivity index (χ2n) is 11.4. The first kappa shape index (κ1) is 35.6. The van der Waals surface area contributed by atoms with Crippen molar-refractivity contribution in [3.63, 3.8) is 0 Å². The summed E-state index contributed by atoms with van der Waals surface area (Å²) in [6.07, 6.45) is 0.522. The van der Waals surface area contributed by atoms with E-state index < -0.39 is 11.8 Å². The van der Waals surface area contributed by atoms with Gasteiger partial charge in [-0.2, -0.15) is 0 Å². The number of nitrogens with zero attached hydrogens (tertiary/aromatic N) is 4. The van der Waals surface area contributed by atoms with Crippen LogP contribution < -0.4 is 5.73 Å². The van der Waals surface area contributed by atoms with Crippen molar-refractivity contribution in [2.24, 2.45) is 0 Å². The Kier molecular flexibility index (Phi) is 12.3. The molecule has 2 heterocycles. The number of rotatable bonds is 7. The molecule has 0 saturated carbocycles. The molecule has 1 aliphatic rings. The van der Waals surface area contributed by atoms with Crippen LogP contribution in [0.25, 0.3) is 22.0 Å². The highest BCUT2D eigenvalue weighted by Crippen LogP contribution is 2.31. The van der Waals surface area contributed by atoms with Gasteiger partial charge in [0.15, 0.2) is 0 Å². The number of aromatic nitrogens is 2. The third-order valence-corrected chi connectivity index (χ3v) is 6.99. The zero-order chi connectivity index (χ0) is 34.0. The molecule has 2 amide bonds. The average Bonchev–Trinajstić information content (AvgIpc) is 3.48. The number of likely N-dealkylation sites (N-methyl/N-ethyl adjacent to an activating group) is 1. The minimum atomic E-state index is -0.600. The molecule has 4 aromatic rings. The maximum absolute atomic E-state index is 14.3. The Morgan fingerprint density at radius 1 is 1.02 bits per heavy atom. The summed E-state index contributed by atoms with van der Waals surface area (Å²) < 4.78 is 24.5. The van der Waals surface area contributed by atoms with Gasteiger partial charge in [0.2, 0.25) is 12.4 Å². The number of fused-ring (bicyclic) bond motifs is 2. The lowest BCUT2D eigenvalue weighted by molar-refractivity contribution is -0.147. The van der Waals surface area contributed by atoms with E-state index in [2.05, 4.69) is 9.97 Å². The fraction of sp³-hybridized carbons (Fsp3) is 0.343. The van der Waals surface area contributed by atoms with Crippen LogP contribution in [0.1, 0.15) is 61.8 Å². The van der Waals surface area contributed by atoms with Crippen LogP contribution in [0.2, 0.25) is 0 Å². The second-order valence-corrected chi connectivity index (χ2v) is 11.4. The number of nitrogen functional groups attached to an aromatic ring is 1. The third kappa shape index (κ3) is 9.31. The number of carbonyl (C=O) groups excluding carboxylic acids is 3. The lowest BCUT2D eigenvalue weighted by atomic mass is 9.97. The minimum Gasteiger partial charge on any atom is -0.459 e. The van der Waals surface area contributed by atoms with E-state index in [1.807, 2.05) is 58.9 Å². The highest BCUT2D eigenvalue weighted by Gasteiger charge is 2.27. The fourth-order valence-corrected chi connectivity index (χ4v) is 4.49. The summed E-state index contributed by atoms with van der Waals surface area (Å²) in [6, 6.07) is 17.1. The van der Waals surface area contributed by atoms with Gasteiger partial charge in [0.25, 0.3) is 5.91 Å². The van der Waals surface area contributed by atoms with Crippen LogP contribution in [-0.4, -0.2) is 64.4 Å². The maximum atomic E-state index is 14.3. The van der Waals surface area contributed by atoms with Crippen molar-refractivity contribution in [3.8, 4) is 11.1 Å². The molecule has 0 aliphatic carbocycles. The molecular weight excluding hydrogens is 589 g/mol. The zero-order valence-corrected chi connectivity index (χ0v) is 27.5. The molecule has 46 heavy (non-hydrogen) atoms. The Bertz CT molecular complexity index is 1660. The number of carbonyl (C=O) groups is 3. The van der Waals surface area contributed by atoms with Crippen molar-refractivity contribution in [1.82, 2.24) is 19.8 Å². The monoisotopic (exact) mass is 631 g/mol. The highest BCUT2D eigenvalue weighted by atomic mass is 19.1. The standard InChI is InChI=1S/C28H24FN5O4.C5H12O.C2H6/c1-33(16-35)14-25(36)38-15-20-6-8-21(29)11-22(20)17-7-9-24-23(10-17)26(32-28(30)31-24)27(37)34-12-18-4-2-3-5-19(18)13-34;1-5(2,3)6-4;1-2/h2-11,16H,12-15H2,1H3,(H2,30,31,32);1-4H3;1-2H3. The van der Waals surface area contributed by atoms with Gasteiger partial charge in [-0.05, 0) is 72.9 Å². The minimum absolute atomic E-state index is 0.0241. The number of nitrogens with two attached hydrogens (primary N) is 1. The van der Waals surface area contributed by atoms with Crippen molar-refractivity contribution < 1.29 is 28.2 Å². The molecule has 0 unspecified atom stereocenters. The van der Waals surface area contributed by atoms with Crippen molar-refractivity contribution in [1.29, 1.82) is 0 Å². The van der Waals surface area contributed by atoms with Crippen molar-refractivity contribution in [2.45, 2.75) is 59.9 Å². The molecule has 0 bridgehead atoms. The van der Waals surface area contributed by atoms with E-state index in [0.717, 1.165) is 16.0 Å². The Morgan fingerprint density at radius 3 is 2.24 bits per heavy atom. The van der Waals surface area contributed by atoms with Gasteiger partial charge >= 0.3 is 5.97 Å². The van der Waals surface area contributed by atoms with Gasteiger partial charge in [0, 0.05) is 32.6 Å². The molecule has 2 N–H and O–H groups in total. The van der Waals surface area contributed by atoms with Gasteiger partial charge in [-0.3, -0.25) is 14.4 Å². The van der Waals surface area contributed by atoms with Crippen LogP contribution in [0.5, 0.6) is 0 Å². The summed E-state index contributed by atoms with van der Waals surface area (Å²) in [5, 5.41) is 0.470. The molecule has 0 atom stereocenters. The van der Waals surface area contributed by atoms with E-state index in [-0.39, 0.29) is 36.3 Å². The Labute approximate surface area is 269 Å². The van der Waals surface area contributed by atoms with E-state index in [1.165, 1.54) is 25.2 Å². The van der Waals surface area contributed by atoms with Crippen molar-refractivity contribution in [2.75, 3.05) is 26.4 Å². The molecule has 1 aromatic heterocycles. The number of halogens is 1. The first-order valence-electron chi connectivity index (χ1n) is 15.0. The fourth-order valence-electron chi connectivity index (χ4n) is 4.49. The first-order valence-corrected chi connectivity index (χ1v) is 15.0. The average molecular weight is 632 g/mol. The predicted octanol–water partition coefficient (Wildman–Crippen LogP) is 5.76. The normalized spacial score (nSPS) is 11.9. The van der Waals surface area contributed by atoms with E-state index in [9.17, 15) is 18.8 Å². The maximum Gasteiger partial charge on any atom is 0.325 e. The Morgan fingerprint density at radius 2 is 1.65 bits per heavy atom. The van der Waals surface area contributed by atoms with Crippen LogP contribution in [0.3, 0.4) is 0 Å². The summed E-state index contributed by atoms with van der Waals surface area (Å²) in [6.45, 7) is 10.6. The molecule has 244 valence electrons. The summed E-state index contributed by atoms with van der Waals surface area (Å²) >= 11 is 0. The van der Waals surface area contributed by atoms with Gasteiger partial charge < -0.3 is 25.0 Å². The van der Waals surface area contributed by atoms with E-state index in [4.69, 9.17) is 15.2 Å². The Balaban J connectivity index is 0.000000648. The van der Waals surface area contributed by atoms with E-state index in [1.54, 1.807) is 30.2 Å². The molecule has 11 heteroatoms. The lowest BCUT2D eigenvalue weighted by Crippen LogP contribution is -2.27. The van der Waals surface area contributed by atoms with Gasteiger partial charge in [-0.1, -0.05) is 50.2 Å². The number of methoxy groups -OCH3 is 1. The molecule has 0 fully saturated rings. The molecule has 1 aliphatic heterocycles. The Hall–Kier alpha value is -4.90. The highest BCUT2D eigenvalue weighted by molar-refractivity contribution is 6.06. The molecular formula is C35H42FN5O5. The number of ether oxygens (including phenoxy) is 2. The number of hydrogen-bond donors (Lipinski definition) is 1. The van der Waals surface area contributed by atoms with Crippen molar-refractivity contribution in [3.05, 3.63) is 88.9 Å². The molecule has 0 spiro atoms. The number of benzene rings is 3. The van der Waals surface area contributed by atoms with Crippen LogP contribution in [0.4, 0.5) is 10.3 Å². The van der Waals surface area contributed by atoms with Crippen LogP contribution in [0.15, 0.2) is 60.7 Å². The number of hydrogen-bond acceptors (Lipinski definition) is 8. The van der Waals surface area contributed by atoms with Gasteiger partial charge in [0.05, 0.1) is 11.1 Å². The zero-order valence-electron chi connectivity index (χ0n) is 27.5. The first-order chi connectivity index (χ1) is 21.9. The molecule has 10 nitrogen and oxygen atoms in total. The predicted molar refractivity (Wildman–Crippen MR) is 176 cm³/mol. The van der Waals surface area contributed by atoms with E-state index in [0.29, 0.717) is 47.1 Å². The molecule has 0 saturated heterocycles. The molecule has 3 aromatic carbocycles. The summed E-state index contributed by atoms with van der Waals surface area (Å²) in [7, 11) is 3.17. The number of esters is 1. The quantitative estimate of drug-likeness (QED) is 0.201. The number of anilines is 1. The van der Waals surface area contributed by atoms with Gasteiger partial charge in [-0.15, -0.1) is 0 Å². The summed E-state index contributed by atoms with van der Waals surface area (Å²) in [5.74, 6) is -1.39. The van der Waals surface area contributed by atoms with E-state index >= 15 is 0 Å². The summed E-state index contributed by atoms with van der Waals surface area (Å²) in [5.41, 5.74) is 10.4. The van der Waals surface area contributed by atoms with Crippen LogP contribution >= 0.6 is 0 Å². The molecule has 0 radical (unpaired) electrons. The third-order valence-electron chi connectivity index (χ3n) is 6.99. The SMILES string of the molecule is CC.CN(C=O)CC(=O)OCc1ccc(F)cc1-c1ccc2nc(N)nc(C(=O)N3Cc4ccccc4C3)c2c1.COC(C)(C)C. The number of amides is 2.